The third-order valence-electron chi connectivity index (χ3n) is 2.01. The lowest BCUT2D eigenvalue weighted by Crippen LogP contribution is -1.95. The van der Waals surface area contributed by atoms with Gasteiger partial charge in [0.05, 0.1) is 5.69 Å². The molecule has 0 saturated carbocycles. The Hall–Kier alpha value is -2.46. The number of H-pyrrole nitrogens is 1. The van der Waals surface area contributed by atoms with Gasteiger partial charge in [-0.1, -0.05) is 11.6 Å². The van der Waals surface area contributed by atoms with Gasteiger partial charge in [-0.05, 0) is 23.4 Å². The lowest BCUT2D eigenvalue weighted by molar-refractivity contribution is 0.632. The van der Waals surface area contributed by atoms with E-state index in [2.05, 4.69) is 25.9 Å². The number of benzene rings is 1. The van der Waals surface area contributed by atoms with Gasteiger partial charge in [0.25, 0.3) is 0 Å². The Labute approximate surface area is 106 Å². The van der Waals surface area contributed by atoms with Crippen LogP contribution in [0.5, 0.6) is 0 Å². The van der Waals surface area contributed by atoms with Gasteiger partial charge in [-0.15, -0.1) is 10.2 Å². The summed E-state index contributed by atoms with van der Waals surface area (Å²) in [7, 11) is 0. The summed E-state index contributed by atoms with van der Waals surface area (Å²) in [6.07, 6.45) is 1.28. The Morgan fingerprint density at radius 2 is 2.39 bits per heavy atom. The molecule has 0 spiro atoms. The molecule has 1 aromatic heterocycles. The summed E-state index contributed by atoms with van der Waals surface area (Å²) in [4.78, 5) is 0. The Morgan fingerprint density at radius 3 is 3.06 bits per heavy atom. The maximum Gasteiger partial charge on any atom is 0.216 e. The van der Waals surface area contributed by atoms with Gasteiger partial charge in [0.2, 0.25) is 5.82 Å². The molecule has 18 heavy (non-hydrogen) atoms. The van der Waals surface area contributed by atoms with Crippen molar-refractivity contribution in [3.8, 4) is 6.07 Å². The first-order valence-corrected chi connectivity index (χ1v) is 5.14. The van der Waals surface area contributed by atoms with Crippen molar-refractivity contribution in [1.29, 1.82) is 5.26 Å². The van der Waals surface area contributed by atoms with Gasteiger partial charge in [-0.2, -0.15) is 10.5 Å². The van der Waals surface area contributed by atoms with Gasteiger partial charge in [0, 0.05) is 11.2 Å². The number of tetrazole rings is 1. The Balaban J connectivity index is 2.24. The molecule has 0 aliphatic heterocycles. The van der Waals surface area contributed by atoms with Gasteiger partial charge in [0.15, 0.2) is 0 Å². The van der Waals surface area contributed by atoms with Crippen LogP contribution in [0.4, 0.5) is 10.1 Å². The van der Waals surface area contributed by atoms with E-state index in [0.717, 1.165) is 0 Å². The first-order chi connectivity index (χ1) is 8.70. The average Bonchev–Trinajstić information content (AvgIpc) is 2.88. The second-order valence-electron chi connectivity index (χ2n) is 3.17. The van der Waals surface area contributed by atoms with Crippen LogP contribution in [0.25, 0.3) is 5.57 Å². The zero-order chi connectivity index (χ0) is 13.0. The zero-order valence-electron chi connectivity index (χ0n) is 8.85. The summed E-state index contributed by atoms with van der Waals surface area (Å²) in [6, 6.07) is 5.92. The molecule has 8 heteroatoms. The van der Waals surface area contributed by atoms with E-state index in [0.29, 0.717) is 5.02 Å². The summed E-state index contributed by atoms with van der Waals surface area (Å²) in [5, 5.41) is 24.7. The van der Waals surface area contributed by atoms with E-state index in [1.54, 1.807) is 0 Å². The number of aromatic nitrogens is 4. The number of nitrogens with zero attached hydrogens (tertiary/aromatic N) is 4. The first-order valence-electron chi connectivity index (χ1n) is 4.76. The third-order valence-corrected chi connectivity index (χ3v) is 2.24. The van der Waals surface area contributed by atoms with E-state index in [9.17, 15) is 4.39 Å². The molecule has 2 aromatic rings. The fourth-order valence-corrected chi connectivity index (χ4v) is 1.35. The highest BCUT2D eigenvalue weighted by molar-refractivity contribution is 6.30. The minimum Gasteiger partial charge on any atom is -0.358 e. The van der Waals surface area contributed by atoms with E-state index in [-0.39, 0.29) is 17.1 Å². The van der Waals surface area contributed by atoms with Gasteiger partial charge in [0.1, 0.15) is 17.5 Å². The number of nitriles is 1. The minimum atomic E-state index is -0.485. The van der Waals surface area contributed by atoms with E-state index in [1.165, 1.54) is 24.4 Å². The lowest BCUT2D eigenvalue weighted by atomic mass is 10.3. The number of halogens is 2. The second-order valence-corrected chi connectivity index (χ2v) is 3.61. The van der Waals surface area contributed by atoms with E-state index < -0.39 is 5.82 Å². The van der Waals surface area contributed by atoms with E-state index >= 15 is 0 Å². The minimum absolute atomic E-state index is 0.114. The fourth-order valence-electron chi connectivity index (χ4n) is 1.18. The van der Waals surface area contributed by atoms with E-state index in [4.69, 9.17) is 16.9 Å². The van der Waals surface area contributed by atoms with Crippen LogP contribution < -0.4 is 5.32 Å². The molecule has 0 atom stereocenters. The van der Waals surface area contributed by atoms with Crippen LogP contribution >= 0.6 is 11.6 Å². The van der Waals surface area contributed by atoms with Crippen LogP contribution in [-0.4, -0.2) is 20.6 Å². The molecular weight excluding hydrogens is 259 g/mol. The molecule has 0 aliphatic rings. The topological polar surface area (TPSA) is 90.3 Å². The maximum absolute atomic E-state index is 13.4. The largest absolute Gasteiger partial charge is 0.358 e. The van der Waals surface area contributed by atoms with Crippen LogP contribution in [0.3, 0.4) is 0 Å². The summed E-state index contributed by atoms with van der Waals surface area (Å²) in [5.74, 6) is -0.367. The highest BCUT2D eigenvalue weighted by atomic mass is 35.5. The van der Waals surface area contributed by atoms with Crippen LogP contribution in [0.15, 0.2) is 24.4 Å². The Morgan fingerprint density at radius 1 is 1.56 bits per heavy atom. The van der Waals surface area contributed by atoms with Crippen molar-refractivity contribution >= 4 is 22.9 Å². The maximum atomic E-state index is 13.4. The molecule has 6 nitrogen and oxygen atoms in total. The van der Waals surface area contributed by atoms with Crippen LogP contribution in [0.1, 0.15) is 5.82 Å². The third kappa shape index (κ3) is 2.61. The van der Waals surface area contributed by atoms with Crippen molar-refractivity contribution in [3.05, 3.63) is 41.1 Å². The molecule has 2 N–H and O–H groups in total. The highest BCUT2D eigenvalue weighted by Gasteiger charge is 2.06. The predicted molar refractivity (Wildman–Crippen MR) is 62.8 cm³/mol. The molecule has 1 aromatic carbocycles. The number of rotatable bonds is 3. The quantitative estimate of drug-likeness (QED) is 0.827. The van der Waals surface area contributed by atoms with Crippen molar-refractivity contribution < 1.29 is 4.39 Å². The molecule has 0 bridgehead atoms. The van der Waals surface area contributed by atoms with Gasteiger partial charge in [-0.25, -0.2) is 4.39 Å². The molecule has 90 valence electrons. The van der Waals surface area contributed by atoms with Gasteiger partial charge < -0.3 is 5.32 Å². The molecule has 0 aliphatic carbocycles. The normalized spacial score (nSPS) is 11.1. The number of hydrogen-bond donors (Lipinski definition) is 2. The lowest BCUT2D eigenvalue weighted by Gasteiger charge is -2.03. The Bertz CT molecular complexity index is 616. The molecule has 0 saturated heterocycles. The van der Waals surface area contributed by atoms with Crippen molar-refractivity contribution in [2.45, 2.75) is 0 Å². The molecule has 2 rings (SSSR count). The standard InChI is InChI=1S/C10H6ClFN6/c11-7-1-2-8(12)9(3-7)14-5-6(4-13)10-15-17-18-16-10/h1-3,5,14H,(H,15,16,17,18). The van der Waals surface area contributed by atoms with E-state index in [1.807, 2.05) is 6.07 Å². The SMILES string of the molecule is N#CC(=CNc1cc(Cl)ccc1F)c1nn[nH]n1. The molecular formula is C10H6ClFN6. The summed E-state index contributed by atoms with van der Waals surface area (Å²) >= 11 is 5.73. The smallest absolute Gasteiger partial charge is 0.216 e. The number of nitrogens with one attached hydrogen (secondary N) is 2. The predicted octanol–water partition coefficient (Wildman–Crippen LogP) is 1.97. The van der Waals surface area contributed by atoms with Crippen LogP contribution in [0.2, 0.25) is 5.02 Å². The van der Waals surface area contributed by atoms with Crippen molar-refractivity contribution in [2.24, 2.45) is 0 Å². The molecule has 0 fully saturated rings. The molecule has 0 radical (unpaired) electrons. The van der Waals surface area contributed by atoms with Crippen molar-refractivity contribution in [1.82, 2.24) is 20.6 Å². The number of hydrogen-bond acceptors (Lipinski definition) is 5. The van der Waals surface area contributed by atoms with Crippen LogP contribution in [0, 0.1) is 17.1 Å². The number of allylic oxidation sites excluding steroid dienone is 1. The molecule has 0 amide bonds. The average molecular weight is 265 g/mol. The molecule has 0 unspecified atom stereocenters. The second kappa shape index (κ2) is 5.25. The monoisotopic (exact) mass is 264 g/mol. The van der Waals surface area contributed by atoms with Gasteiger partial charge in [-0.3, -0.25) is 0 Å². The summed E-state index contributed by atoms with van der Waals surface area (Å²) in [6.45, 7) is 0. The number of anilines is 1. The summed E-state index contributed by atoms with van der Waals surface area (Å²) in [5.41, 5.74) is 0.266. The highest BCUT2D eigenvalue weighted by Crippen LogP contribution is 2.20. The van der Waals surface area contributed by atoms with Gasteiger partial charge >= 0.3 is 0 Å². The molecule has 1 heterocycles. The number of aromatic amines is 1. The zero-order valence-corrected chi connectivity index (χ0v) is 9.61. The fraction of sp³-hybridized carbons (Fsp3) is 0. The summed E-state index contributed by atoms with van der Waals surface area (Å²) < 4.78 is 13.4. The Kier molecular flexibility index (Phi) is 3.50. The first kappa shape index (κ1) is 12.0. The van der Waals surface area contributed by atoms with Crippen molar-refractivity contribution in [2.75, 3.05) is 5.32 Å². The van der Waals surface area contributed by atoms with Crippen molar-refractivity contribution in [3.63, 3.8) is 0 Å². The van der Waals surface area contributed by atoms with Crippen LogP contribution in [-0.2, 0) is 0 Å².